The summed E-state index contributed by atoms with van der Waals surface area (Å²) in [5.74, 6) is 2.02. The predicted octanol–water partition coefficient (Wildman–Crippen LogP) is 4.19. The van der Waals surface area contributed by atoms with Crippen LogP contribution in [0.2, 0.25) is 0 Å². The van der Waals surface area contributed by atoms with Gasteiger partial charge in [0, 0.05) is 10.9 Å². The minimum absolute atomic E-state index is 0.640. The highest BCUT2D eigenvalue weighted by Gasteiger charge is 2.13. The summed E-state index contributed by atoms with van der Waals surface area (Å²) in [5.41, 5.74) is 0. The third-order valence-corrected chi connectivity index (χ3v) is 4.30. The minimum Gasteiger partial charge on any atom is -0.314 e. The Labute approximate surface area is 110 Å². The summed E-state index contributed by atoms with van der Waals surface area (Å²) in [6, 6.07) is 11.3. The smallest absolute Gasteiger partial charge is 0.00719 e. The molecule has 96 valence electrons. The molecule has 0 amide bonds. The number of hydrogen-bond acceptors (Lipinski definition) is 2. The Balaban J connectivity index is 2.28. The van der Waals surface area contributed by atoms with Crippen molar-refractivity contribution in [3.05, 3.63) is 30.3 Å². The second-order valence-corrected chi connectivity index (χ2v) is 5.63. The second kappa shape index (κ2) is 8.60. The molecule has 0 bridgehead atoms. The second-order valence-electron chi connectivity index (χ2n) is 4.46. The highest BCUT2D eigenvalue weighted by Crippen LogP contribution is 2.22. The molecule has 1 rings (SSSR count). The Morgan fingerprint density at radius 1 is 1.18 bits per heavy atom. The van der Waals surface area contributed by atoms with Gasteiger partial charge in [0.15, 0.2) is 0 Å². The first-order valence-electron chi connectivity index (χ1n) is 6.69. The quantitative estimate of drug-likeness (QED) is 0.695. The van der Waals surface area contributed by atoms with Crippen LogP contribution in [0, 0.1) is 5.92 Å². The third-order valence-electron chi connectivity index (χ3n) is 3.26. The van der Waals surface area contributed by atoms with Gasteiger partial charge in [-0.25, -0.2) is 0 Å². The summed E-state index contributed by atoms with van der Waals surface area (Å²) in [6.45, 7) is 7.86. The molecule has 0 radical (unpaired) electrons. The van der Waals surface area contributed by atoms with E-state index in [0.29, 0.717) is 6.04 Å². The van der Waals surface area contributed by atoms with Crippen LogP contribution >= 0.6 is 11.8 Å². The van der Waals surface area contributed by atoms with Gasteiger partial charge in [0.2, 0.25) is 0 Å². The zero-order chi connectivity index (χ0) is 12.5. The Hall–Kier alpha value is -0.470. The molecule has 0 spiro atoms. The maximum absolute atomic E-state index is 3.54. The molecule has 0 aliphatic heterocycles. The first-order valence-corrected chi connectivity index (χ1v) is 7.67. The van der Waals surface area contributed by atoms with Crippen molar-refractivity contribution in [3.63, 3.8) is 0 Å². The van der Waals surface area contributed by atoms with Crippen LogP contribution < -0.4 is 5.32 Å². The molecule has 17 heavy (non-hydrogen) atoms. The van der Waals surface area contributed by atoms with E-state index in [0.717, 1.165) is 12.5 Å². The van der Waals surface area contributed by atoms with Crippen LogP contribution in [0.15, 0.2) is 35.2 Å². The summed E-state index contributed by atoms with van der Waals surface area (Å²) < 4.78 is 0. The number of thioether (sulfide) groups is 1. The van der Waals surface area contributed by atoms with Crippen molar-refractivity contribution in [2.75, 3.05) is 12.3 Å². The molecule has 1 aromatic rings. The molecule has 0 aromatic heterocycles. The van der Waals surface area contributed by atoms with Crippen LogP contribution in [0.1, 0.15) is 33.6 Å². The highest BCUT2D eigenvalue weighted by molar-refractivity contribution is 7.99. The molecule has 0 saturated carbocycles. The van der Waals surface area contributed by atoms with E-state index < -0.39 is 0 Å². The molecule has 0 fully saturated rings. The standard InChI is InChI=1S/C15H25NS/c1-4-14(13(3)16-5-2)11-12-17-15-9-7-6-8-10-15/h6-10,13-14,16H,4-5,11-12H2,1-3H3. The fraction of sp³-hybridized carbons (Fsp3) is 0.600. The van der Waals surface area contributed by atoms with E-state index in [1.165, 1.54) is 23.5 Å². The number of hydrogen-bond donors (Lipinski definition) is 1. The maximum atomic E-state index is 3.54. The van der Waals surface area contributed by atoms with Crippen molar-refractivity contribution < 1.29 is 0 Å². The minimum atomic E-state index is 0.640. The van der Waals surface area contributed by atoms with Crippen molar-refractivity contribution >= 4 is 11.8 Å². The average molecular weight is 251 g/mol. The van der Waals surface area contributed by atoms with Gasteiger partial charge in [-0.15, -0.1) is 11.8 Å². The molecule has 2 atom stereocenters. The molecule has 1 N–H and O–H groups in total. The van der Waals surface area contributed by atoms with Crippen LogP contribution in [-0.4, -0.2) is 18.3 Å². The van der Waals surface area contributed by atoms with Gasteiger partial charge >= 0.3 is 0 Å². The first-order chi connectivity index (χ1) is 8.27. The van der Waals surface area contributed by atoms with Gasteiger partial charge in [-0.05, 0) is 43.7 Å². The van der Waals surface area contributed by atoms with Crippen molar-refractivity contribution in [1.82, 2.24) is 5.32 Å². The number of nitrogens with one attached hydrogen (secondary N) is 1. The van der Waals surface area contributed by atoms with Gasteiger partial charge in [-0.2, -0.15) is 0 Å². The Morgan fingerprint density at radius 2 is 1.88 bits per heavy atom. The van der Waals surface area contributed by atoms with Crippen molar-refractivity contribution in [2.45, 2.75) is 44.6 Å². The molecular formula is C15H25NS. The van der Waals surface area contributed by atoms with E-state index in [1.54, 1.807) is 0 Å². The highest BCUT2D eigenvalue weighted by atomic mass is 32.2. The van der Waals surface area contributed by atoms with E-state index in [1.807, 2.05) is 11.8 Å². The Kier molecular flexibility index (Phi) is 7.38. The lowest BCUT2D eigenvalue weighted by Gasteiger charge is -2.23. The summed E-state index contributed by atoms with van der Waals surface area (Å²) in [7, 11) is 0. The fourth-order valence-electron chi connectivity index (χ4n) is 2.14. The number of rotatable bonds is 8. The summed E-state index contributed by atoms with van der Waals surface area (Å²) in [4.78, 5) is 1.39. The summed E-state index contributed by atoms with van der Waals surface area (Å²) in [5, 5.41) is 3.54. The fourth-order valence-corrected chi connectivity index (χ4v) is 3.15. The van der Waals surface area contributed by atoms with Crippen molar-refractivity contribution in [1.29, 1.82) is 0 Å². The van der Waals surface area contributed by atoms with E-state index in [-0.39, 0.29) is 0 Å². The molecule has 0 aliphatic carbocycles. The van der Waals surface area contributed by atoms with E-state index in [9.17, 15) is 0 Å². The molecule has 0 aliphatic rings. The van der Waals surface area contributed by atoms with Crippen molar-refractivity contribution in [3.8, 4) is 0 Å². The molecule has 2 heteroatoms. The monoisotopic (exact) mass is 251 g/mol. The molecule has 2 unspecified atom stereocenters. The first kappa shape index (κ1) is 14.6. The summed E-state index contributed by atoms with van der Waals surface area (Å²) in [6.07, 6.45) is 2.56. The third kappa shape index (κ3) is 5.60. The van der Waals surface area contributed by atoms with E-state index >= 15 is 0 Å². The number of benzene rings is 1. The van der Waals surface area contributed by atoms with Crippen LogP contribution in [0.4, 0.5) is 0 Å². The Bertz CT molecular complexity index is 286. The van der Waals surface area contributed by atoms with E-state index in [2.05, 4.69) is 56.4 Å². The van der Waals surface area contributed by atoms with Crippen LogP contribution in [-0.2, 0) is 0 Å². The predicted molar refractivity (Wildman–Crippen MR) is 78.7 cm³/mol. The lowest BCUT2D eigenvalue weighted by Crippen LogP contribution is -2.33. The molecule has 1 aromatic carbocycles. The summed E-state index contributed by atoms with van der Waals surface area (Å²) >= 11 is 1.97. The van der Waals surface area contributed by atoms with Crippen molar-refractivity contribution in [2.24, 2.45) is 5.92 Å². The normalized spacial score (nSPS) is 14.5. The van der Waals surface area contributed by atoms with Gasteiger partial charge in [-0.1, -0.05) is 38.5 Å². The topological polar surface area (TPSA) is 12.0 Å². The largest absolute Gasteiger partial charge is 0.314 e. The van der Waals surface area contributed by atoms with Gasteiger partial charge in [0.25, 0.3) is 0 Å². The average Bonchev–Trinajstić information content (AvgIpc) is 2.36. The zero-order valence-corrected chi connectivity index (χ0v) is 12.1. The lowest BCUT2D eigenvalue weighted by molar-refractivity contribution is 0.362. The SMILES string of the molecule is CCNC(C)C(CC)CCSc1ccccc1. The van der Waals surface area contributed by atoms with Gasteiger partial charge in [-0.3, -0.25) is 0 Å². The van der Waals surface area contributed by atoms with Gasteiger partial charge in [0.05, 0.1) is 0 Å². The molecular weight excluding hydrogens is 226 g/mol. The maximum Gasteiger partial charge on any atom is 0.00719 e. The van der Waals surface area contributed by atoms with Crippen LogP contribution in [0.3, 0.4) is 0 Å². The van der Waals surface area contributed by atoms with Crippen LogP contribution in [0.5, 0.6) is 0 Å². The lowest BCUT2D eigenvalue weighted by atomic mass is 9.95. The molecule has 0 heterocycles. The zero-order valence-electron chi connectivity index (χ0n) is 11.3. The van der Waals surface area contributed by atoms with Gasteiger partial charge < -0.3 is 5.32 Å². The van der Waals surface area contributed by atoms with E-state index in [4.69, 9.17) is 0 Å². The van der Waals surface area contributed by atoms with Crippen LogP contribution in [0.25, 0.3) is 0 Å². The Morgan fingerprint density at radius 3 is 2.47 bits per heavy atom. The molecule has 1 nitrogen and oxygen atoms in total. The van der Waals surface area contributed by atoms with Gasteiger partial charge in [0.1, 0.15) is 0 Å². The molecule has 0 saturated heterocycles.